The molecule has 0 atom stereocenters. The molecule has 3 rings (SSSR count). The SMILES string of the molecule is CCCC(=O)Nc1ccc(CNC(=O)c2cc(S(=O)(=O)Nc3ccccc3F)ccc2C)cc1. The number of hydrogen-bond acceptors (Lipinski definition) is 4. The highest BCUT2D eigenvalue weighted by Crippen LogP contribution is 2.21. The molecule has 2 amide bonds. The minimum Gasteiger partial charge on any atom is -0.348 e. The monoisotopic (exact) mass is 483 g/mol. The summed E-state index contributed by atoms with van der Waals surface area (Å²) in [4.78, 5) is 24.3. The molecule has 0 saturated heterocycles. The molecule has 178 valence electrons. The van der Waals surface area contributed by atoms with Gasteiger partial charge >= 0.3 is 0 Å². The van der Waals surface area contributed by atoms with Crippen molar-refractivity contribution in [2.45, 2.75) is 38.1 Å². The van der Waals surface area contributed by atoms with E-state index in [1.165, 1.54) is 36.4 Å². The van der Waals surface area contributed by atoms with E-state index < -0.39 is 21.7 Å². The number of carbonyl (C=O) groups is 2. The molecule has 9 heteroatoms. The fraction of sp³-hybridized carbons (Fsp3) is 0.200. The zero-order valence-electron chi connectivity index (χ0n) is 18.9. The molecule has 0 saturated carbocycles. The molecule has 0 aliphatic carbocycles. The first kappa shape index (κ1) is 24.9. The highest BCUT2D eigenvalue weighted by atomic mass is 32.2. The fourth-order valence-corrected chi connectivity index (χ4v) is 4.29. The zero-order chi connectivity index (χ0) is 24.7. The lowest BCUT2D eigenvalue weighted by molar-refractivity contribution is -0.116. The summed E-state index contributed by atoms with van der Waals surface area (Å²) in [7, 11) is -4.10. The van der Waals surface area contributed by atoms with Crippen molar-refractivity contribution >= 4 is 33.2 Å². The van der Waals surface area contributed by atoms with Crippen LogP contribution in [0.25, 0.3) is 0 Å². The smallest absolute Gasteiger partial charge is 0.262 e. The topological polar surface area (TPSA) is 104 Å². The van der Waals surface area contributed by atoms with Gasteiger partial charge in [-0.15, -0.1) is 0 Å². The van der Waals surface area contributed by atoms with Crippen LogP contribution in [-0.4, -0.2) is 20.2 Å². The third-order valence-corrected chi connectivity index (χ3v) is 6.41. The van der Waals surface area contributed by atoms with Crippen molar-refractivity contribution in [3.8, 4) is 0 Å². The molecule has 34 heavy (non-hydrogen) atoms. The van der Waals surface area contributed by atoms with E-state index >= 15 is 0 Å². The standard InChI is InChI=1S/C25H26FN3O4S/c1-3-6-24(30)28-19-12-10-18(11-13-19)16-27-25(31)21-15-20(14-9-17(21)2)34(32,33)29-23-8-5-4-7-22(23)26/h4-5,7-15,29H,3,6,16H2,1-2H3,(H,27,31)(H,28,30). The van der Waals surface area contributed by atoms with Gasteiger partial charge in [0.25, 0.3) is 15.9 Å². The number of anilines is 2. The van der Waals surface area contributed by atoms with Crippen molar-refractivity contribution in [3.05, 3.63) is 89.2 Å². The molecule has 0 fully saturated rings. The Kier molecular flexibility index (Phi) is 8.01. The number of halogens is 1. The van der Waals surface area contributed by atoms with Gasteiger partial charge in [0, 0.05) is 24.2 Å². The summed E-state index contributed by atoms with van der Waals surface area (Å²) in [6.07, 6.45) is 1.21. The maximum Gasteiger partial charge on any atom is 0.262 e. The molecular formula is C25H26FN3O4S. The van der Waals surface area contributed by atoms with E-state index in [9.17, 15) is 22.4 Å². The van der Waals surface area contributed by atoms with Crippen LogP contribution in [0.4, 0.5) is 15.8 Å². The van der Waals surface area contributed by atoms with Gasteiger partial charge in [-0.2, -0.15) is 0 Å². The van der Waals surface area contributed by atoms with E-state index in [-0.39, 0.29) is 28.6 Å². The lowest BCUT2D eigenvalue weighted by Gasteiger charge is -2.12. The van der Waals surface area contributed by atoms with E-state index in [0.29, 0.717) is 17.7 Å². The van der Waals surface area contributed by atoms with E-state index in [1.807, 2.05) is 6.92 Å². The van der Waals surface area contributed by atoms with Gasteiger partial charge in [-0.3, -0.25) is 14.3 Å². The summed E-state index contributed by atoms with van der Waals surface area (Å²) in [6.45, 7) is 3.84. The Morgan fingerprint density at radius 2 is 1.68 bits per heavy atom. The Balaban J connectivity index is 1.69. The van der Waals surface area contributed by atoms with Crippen LogP contribution in [0.5, 0.6) is 0 Å². The van der Waals surface area contributed by atoms with Gasteiger partial charge in [0.2, 0.25) is 5.91 Å². The number of benzene rings is 3. The van der Waals surface area contributed by atoms with Crippen molar-refractivity contribution in [2.75, 3.05) is 10.0 Å². The highest BCUT2D eigenvalue weighted by molar-refractivity contribution is 7.92. The maximum atomic E-state index is 13.9. The molecule has 0 aromatic heterocycles. The molecule has 7 nitrogen and oxygen atoms in total. The zero-order valence-corrected chi connectivity index (χ0v) is 19.7. The molecule has 3 aromatic carbocycles. The van der Waals surface area contributed by atoms with Crippen molar-refractivity contribution in [3.63, 3.8) is 0 Å². The first-order valence-electron chi connectivity index (χ1n) is 10.7. The van der Waals surface area contributed by atoms with Crippen molar-refractivity contribution in [1.82, 2.24) is 5.32 Å². The second-order valence-electron chi connectivity index (χ2n) is 7.74. The van der Waals surface area contributed by atoms with Crippen LogP contribution in [0.3, 0.4) is 0 Å². The van der Waals surface area contributed by atoms with E-state index in [2.05, 4.69) is 15.4 Å². The number of para-hydroxylation sites is 1. The average Bonchev–Trinajstić information content (AvgIpc) is 2.80. The molecule has 0 spiro atoms. The first-order chi connectivity index (χ1) is 16.2. The molecule has 0 aliphatic rings. The molecule has 0 bridgehead atoms. The van der Waals surface area contributed by atoms with Crippen LogP contribution in [0.1, 0.15) is 41.3 Å². The van der Waals surface area contributed by atoms with Gasteiger partial charge in [0.05, 0.1) is 10.6 Å². The third kappa shape index (κ3) is 6.41. The predicted octanol–water partition coefficient (Wildman–Crippen LogP) is 4.60. The number of aryl methyl sites for hydroxylation is 1. The molecule has 3 N–H and O–H groups in total. The number of rotatable bonds is 9. The predicted molar refractivity (Wildman–Crippen MR) is 130 cm³/mol. The van der Waals surface area contributed by atoms with Gasteiger partial charge in [-0.1, -0.05) is 37.3 Å². The largest absolute Gasteiger partial charge is 0.348 e. The van der Waals surface area contributed by atoms with Crippen molar-refractivity contribution in [1.29, 1.82) is 0 Å². The van der Waals surface area contributed by atoms with Crippen LogP contribution in [0, 0.1) is 12.7 Å². The number of hydrogen-bond donors (Lipinski definition) is 3. The molecule has 0 aliphatic heterocycles. The van der Waals surface area contributed by atoms with Crippen LogP contribution >= 0.6 is 0 Å². The number of nitrogens with one attached hydrogen (secondary N) is 3. The van der Waals surface area contributed by atoms with Crippen LogP contribution in [-0.2, 0) is 21.4 Å². The second-order valence-corrected chi connectivity index (χ2v) is 9.42. The molecule has 0 heterocycles. The third-order valence-electron chi connectivity index (χ3n) is 5.05. The molecule has 3 aromatic rings. The Labute approximate surface area is 198 Å². The van der Waals surface area contributed by atoms with Crippen molar-refractivity contribution in [2.24, 2.45) is 0 Å². The minimum atomic E-state index is -4.10. The Bertz CT molecular complexity index is 1290. The van der Waals surface area contributed by atoms with Gasteiger partial charge in [-0.25, -0.2) is 12.8 Å². The lowest BCUT2D eigenvalue weighted by atomic mass is 10.1. The van der Waals surface area contributed by atoms with Gasteiger partial charge in [0.15, 0.2) is 0 Å². The summed E-state index contributed by atoms with van der Waals surface area (Å²) in [5.41, 5.74) is 2.09. The van der Waals surface area contributed by atoms with Gasteiger partial charge in [0.1, 0.15) is 5.82 Å². The summed E-state index contributed by atoms with van der Waals surface area (Å²) in [5.74, 6) is -1.20. The lowest BCUT2D eigenvalue weighted by Crippen LogP contribution is -2.24. The first-order valence-corrected chi connectivity index (χ1v) is 12.2. The Hall–Kier alpha value is -3.72. The maximum absolute atomic E-state index is 13.9. The molecule has 0 radical (unpaired) electrons. The van der Waals surface area contributed by atoms with Crippen LogP contribution in [0.15, 0.2) is 71.6 Å². The van der Waals surface area contributed by atoms with E-state index in [0.717, 1.165) is 18.1 Å². The van der Waals surface area contributed by atoms with Crippen LogP contribution in [0.2, 0.25) is 0 Å². The number of carbonyl (C=O) groups excluding carboxylic acids is 2. The van der Waals surface area contributed by atoms with E-state index in [1.54, 1.807) is 31.2 Å². The summed E-state index contributed by atoms with van der Waals surface area (Å²) >= 11 is 0. The Morgan fingerprint density at radius 3 is 2.35 bits per heavy atom. The highest BCUT2D eigenvalue weighted by Gasteiger charge is 2.19. The van der Waals surface area contributed by atoms with Crippen LogP contribution < -0.4 is 15.4 Å². The summed E-state index contributed by atoms with van der Waals surface area (Å²) in [5, 5.41) is 5.57. The van der Waals surface area contributed by atoms with Crippen molar-refractivity contribution < 1.29 is 22.4 Å². The summed E-state index contributed by atoms with van der Waals surface area (Å²) < 4.78 is 41.5. The number of amides is 2. The van der Waals surface area contributed by atoms with Gasteiger partial charge in [-0.05, 0) is 60.9 Å². The van der Waals surface area contributed by atoms with Gasteiger partial charge < -0.3 is 10.6 Å². The quantitative estimate of drug-likeness (QED) is 0.414. The molecular weight excluding hydrogens is 457 g/mol. The fourth-order valence-electron chi connectivity index (χ4n) is 3.19. The summed E-state index contributed by atoms with van der Waals surface area (Å²) in [6, 6.07) is 16.7. The number of sulfonamides is 1. The minimum absolute atomic E-state index is 0.0571. The van der Waals surface area contributed by atoms with E-state index in [4.69, 9.17) is 0 Å². The average molecular weight is 484 g/mol. The normalized spacial score (nSPS) is 11.0. The second kappa shape index (κ2) is 10.9. The molecule has 0 unspecified atom stereocenters. The Morgan fingerprint density at radius 1 is 0.971 bits per heavy atom.